The Morgan fingerprint density at radius 1 is 1.33 bits per heavy atom. The fraction of sp³-hybridized carbons (Fsp3) is 0.444. The van der Waals surface area contributed by atoms with Gasteiger partial charge in [0.1, 0.15) is 11.5 Å². The average molecular weight is 329 g/mol. The molecule has 0 aliphatic carbocycles. The van der Waals surface area contributed by atoms with E-state index in [1.807, 2.05) is 40.9 Å². The van der Waals surface area contributed by atoms with Crippen LogP contribution in [0.1, 0.15) is 31.4 Å². The van der Waals surface area contributed by atoms with Crippen molar-refractivity contribution in [1.29, 1.82) is 0 Å². The lowest BCUT2D eigenvalue weighted by Crippen LogP contribution is -2.36. The quantitative estimate of drug-likeness (QED) is 0.846. The maximum atomic E-state index is 12.9. The van der Waals surface area contributed by atoms with Crippen molar-refractivity contribution in [2.24, 2.45) is 0 Å². The van der Waals surface area contributed by atoms with E-state index in [2.05, 4.69) is 5.10 Å². The Kier molecular flexibility index (Phi) is 4.74. The van der Waals surface area contributed by atoms with Crippen molar-refractivity contribution in [2.75, 3.05) is 25.7 Å². The molecule has 1 aromatic heterocycles. The van der Waals surface area contributed by atoms with Crippen molar-refractivity contribution >= 4 is 11.6 Å². The van der Waals surface area contributed by atoms with Crippen LogP contribution in [0.15, 0.2) is 30.6 Å². The van der Waals surface area contributed by atoms with E-state index in [0.717, 1.165) is 29.8 Å². The van der Waals surface area contributed by atoms with Crippen LogP contribution in [-0.2, 0) is 11.2 Å². The summed E-state index contributed by atoms with van der Waals surface area (Å²) in [4.78, 5) is 14.7. The van der Waals surface area contributed by atoms with E-state index in [4.69, 9.17) is 9.47 Å². The van der Waals surface area contributed by atoms with Crippen LogP contribution in [0.2, 0.25) is 0 Å². The highest BCUT2D eigenvalue weighted by molar-refractivity contribution is 5.95. The Labute approximate surface area is 142 Å². The number of anilines is 1. The zero-order valence-corrected chi connectivity index (χ0v) is 14.4. The molecule has 0 N–H and O–H groups in total. The molecule has 1 amide bonds. The second kappa shape index (κ2) is 6.95. The van der Waals surface area contributed by atoms with E-state index in [1.54, 1.807) is 20.4 Å². The Hall–Kier alpha value is -2.50. The molecule has 2 aromatic rings. The molecule has 0 fully saturated rings. The van der Waals surface area contributed by atoms with Gasteiger partial charge in [0.2, 0.25) is 5.91 Å². The van der Waals surface area contributed by atoms with Gasteiger partial charge in [0.05, 0.1) is 25.9 Å². The molecule has 24 heavy (non-hydrogen) atoms. The van der Waals surface area contributed by atoms with Gasteiger partial charge in [-0.3, -0.25) is 9.48 Å². The van der Waals surface area contributed by atoms with Gasteiger partial charge in [-0.2, -0.15) is 5.10 Å². The standard InChI is InChI=1S/C18H23N3O3/c1-13(21-9-5-7-19-21)10-18(22)20-8-4-6-15-16(20)11-14(23-2)12-17(15)24-3/h5,7,9,11-13H,4,6,8,10H2,1-3H3. The molecule has 0 spiro atoms. The summed E-state index contributed by atoms with van der Waals surface area (Å²) in [7, 11) is 3.27. The number of methoxy groups -OCH3 is 2. The van der Waals surface area contributed by atoms with Gasteiger partial charge in [0.25, 0.3) is 0 Å². The summed E-state index contributed by atoms with van der Waals surface area (Å²) in [5.74, 6) is 1.57. The summed E-state index contributed by atoms with van der Waals surface area (Å²) in [5.41, 5.74) is 1.97. The first kappa shape index (κ1) is 16.4. The van der Waals surface area contributed by atoms with Crippen molar-refractivity contribution < 1.29 is 14.3 Å². The molecule has 1 aliphatic rings. The molecule has 6 nitrogen and oxygen atoms in total. The minimum Gasteiger partial charge on any atom is -0.497 e. The number of hydrogen-bond acceptors (Lipinski definition) is 4. The van der Waals surface area contributed by atoms with Crippen LogP contribution < -0.4 is 14.4 Å². The molecule has 128 valence electrons. The van der Waals surface area contributed by atoms with E-state index < -0.39 is 0 Å². The number of carbonyl (C=O) groups is 1. The summed E-state index contributed by atoms with van der Waals surface area (Å²) >= 11 is 0. The lowest BCUT2D eigenvalue weighted by atomic mass is 9.99. The third-order valence-corrected chi connectivity index (χ3v) is 4.46. The van der Waals surface area contributed by atoms with Gasteiger partial charge in [-0.05, 0) is 25.8 Å². The summed E-state index contributed by atoms with van der Waals surface area (Å²) < 4.78 is 12.7. The van der Waals surface area contributed by atoms with E-state index >= 15 is 0 Å². The van der Waals surface area contributed by atoms with Crippen LogP contribution >= 0.6 is 0 Å². The number of fused-ring (bicyclic) bond motifs is 1. The smallest absolute Gasteiger partial charge is 0.229 e. The Balaban J connectivity index is 1.87. The summed E-state index contributed by atoms with van der Waals surface area (Å²) in [6.07, 6.45) is 5.85. The molecule has 2 heterocycles. The number of amides is 1. The van der Waals surface area contributed by atoms with E-state index in [0.29, 0.717) is 18.7 Å². The Morgan fingerprint density at radius 3 is 2.83 bits per heavy atom. The molecule has 0 saturated carbocycles. The van der Waals surface area contributed by atoms with Gasteiger partial charge >= 0.3 is 0 Å². The normalized spacial score (nSPS) is 14.9. The molecule has 6 heteroatoms. The highest BCUT2D eigenvalue weighted by Gasteiger charge is 2.27. The van der Waals surface area contributed by atoms with E-state index in [-0.39, 0.29) is 11.9 Å². The van der Waals surface area contributed by atoms with Gasteiger partial charge in [0, 0.05) is 43.1 Å². The van der Waals surface area contributed by atoms with E-state index in [9.17, 15) is 4.79 Å². The van der Waals surface area contributed by atoms with Gasteiger partial charge in [-0.15, -0.1) is 0 Å². The maximum absolute atomic E-state index is 12.9. The first-order valence-corrected chi connectivity index (χ1v) is 8.18. The van der Waals surface area contributed by atoms with Gasteiger partial charge < -0.3 is 14.4 Å². The molecular formula is C18H23N3O3. The zero-order chi connectivity index (χ0) is 17.1. The number of carbonyl (C=O) groups excluding carboxylic acids is 1. The van der Waals surface area contributed by atoms with Gasteiger partial charge in [0.15, 0.2) is 0 Å². The molecule has 1 aromatic carbocycles. The first-order valence-electron chi connectivity index (χ1n) is 8.18. The monoisotopic (exact) mass is 329 g/mol. The van der Waals surface area contributed by atoms with Crippen molar-refractivity contribution in [3.63, 3.8) is 0 Å². The molecule has 0 saturated heterocycles. The van der Waals surface area contributed by atoms with Crippen LogP contribution in [0.25, 0.3) is 0 Å². The molecule has 1 atom stereocenters. The predicted octanol–water partition coefficient (Wildman–Crippen LogP) is 2.83. The summed E-state index contributed by atoms with van der Waals surface area (Å²) in [6.45, 7) is 2.72. The number of nitrogens with zero attached hydrogens (tertiary/aromatic N) is 3. The topological polar surface area (TPSA) is 56.6 Å². The Morgan fingerprint density at radius 2 is 2.17 bits per heavy atom. The first-order chi connectivity index (χ1) is 11.6. The fourth-order valence-electron chi connectivity index (χ4n) is 3.19. The highest BCUT2D eigenvalue weighted by atomic mass is 16.5. The SMILES string of the molecule is COc1cc(OC)c2c(c1)N(C(=O)CC(C)n1cccn1)CCC2. The summed E-state index contributed by atoms with van der Waals surface area (Å²) in [5, 5.41) is 4.22. The minimum atomic E-state index is 0.0189. The van der Waals surface area contributed by atoms with Crippen LogP contribution in [0.5, 0.6) is 11.5 Å². The third-order valence-electron chi connectivity index (χ3n) is 4.46. The third kappa shape index (κ3) is 3.09. The van der Waals surface area contributed by atoms with Crippen LogP contribution in [0, 0.1) is 0 Å². The van der Waals surface area contributed by atoms with Crippen molar-refractivity contribution in [1.82, 2.24) is 9.78 Å². The number of rotatable bonds is 5. The van der Waals surface area contributed by atoms with Crippen LogP contribution in [0.4, 0.5) is 5.69 Å². The lowest BCUT2D eigenvalue weighted by molar-refractivity contribution is -0.119. The fourth-order valence-corrected chi connectivity index (χ4v) is 3.19. The van der Waals surface area contributed by atoms with Crippen LogP contribution in [-0.4, -0.2) is 36.5 Å². The molecule has 3 rings (SSSR count). The zero-order valence-electron chi connectivity index (χ0n) is 14.4. The predicted molar refractivity (Wildman–Crippen MR) is 91.8 cm³/mol. The number of hydrogen-bond donors (Lipinski definition) is 0. The average Bonchev–Trinajstić information content (AvgIpc) is 3.14. The minimum absolute atomic E-state index is 0.0189. The number of benzene rings is 1. The Bertz CT molecular complexity index is 713. The second-order valence-electron chi connectivity index (χ2n) is 6.02. The van der Waals surface area contributed by atoms with E-state index in [1.165, 1.54) is 0 Å². The molecule has 0 bridgehead atoms. The second-order valence-corrected chi connectivity index (χ2v) is 6.02. The lowest BCUT2D eigenvalue weighted by Gasteiger charge is -2.31. The van der Waals surface area contributed by atoms with Crippen molar-refractivity contribution in [3.05, 3.63) is 36.2 Å². The van der Waals surface area contributed by atoms with Crippen molar-refractivity contribution in [2.45, 2.75) is 32.2 Å². The number of aromatic nitrogens is 2. The molecule has 1 unspecified atom stereocenters. The summed E-state index contributed by atoms with van der Waals surface area (Å²) in [6, 6.07) is 5.69. The molecular weight excluding hydrogens is 306 g/mol. The largest absolute Gasteiger partial charge is 0.497 e. The van der Waals surface area contributed by atoms with Gasteiger partial charge in [-0.25, -0.2) is 0 Å². The maximum Gasteiger partial charge on any atom is 0.229 e. The molecule has 1 aliphatic heterocycles. The molecule has 0 radical (unpaired) electrons. The van der Waals surface area contributed by atoms with Crippen LogP contribution in [0.3, 0.4) is 0 Å². The van der Waals surface area contributed by atoms with Crippen molar-refractivity contribution in [3.8, 4) is 11.5 Å². The number of ether oxygens (including phenoxy) is 2. The van der Waals surface area contributed by atoms with Gasteiger partial charge in [-0.1, -0.05) is 0 Å². The highest BCUT2D eigenvalue weighted by Crippen LogP contribution is 2.38.